The number of carbonyl (C=O) groups is 3. The normalized spacial score (nSPS) is 10.8. The molecule has 208 valence electrons. The molecule has 0 saturated heterocycles. The van der Waals surface area contributed by atoms with Gasteiger partial charge < -0.3 is 25.4 Å². The van der Waals surface area contributed by atoms with Crippen LogP contribution in [-0.2, 0) is 9.59 Å². The fourth-order valence-corrected chi connectivity index (χ4v) is 4.45. The van der Waals surface area contributed by atoms with Gasteiger partial charge in [0.05, 0.1) is 20.0 Å². The van der Waals surface area contributed by atoms with Crippen LogP contribution in [0.5, 0.6) is 11.5 Å². The van der Waals surface area contributed by atoms with Gasteiger partial charge in [0.25, 0.3) is 11.8 Å². The van der Waals surface area contributed by atoms with Gasteiger partial charge in [-0.1, -0.05) is 42.5 Å². The summed E-state index contributed by atoms with van der Waals surface area (Å²) in [5.41, 5.74) is 2.35. The van der Waals surface area contributed by atoms with Crippen molar-refractivity contribution >= 4 is 46.9 Å². The van der Waals surface area contributed by atoms with Gasteiger partial charge in [0.1, 0.15) is 5.70 Å². The van der Waals surface area contributed by atoms with Crippen molar-refractivity contribution in [3.8, 4) is 11.5 Å². The van der Waals surface area contributed by atoms with E-state index in [-0.39, 0.29) is 17.4 Å². The van der Waals surface area contributed by atoms with Crippen molar-refractivity contribution in [2.45, 2.75) is 4.90 Å². The smallest absolute Gasteiger partial charge is 0.272 e. The number of ether oxygens (including phenoxy) is 2. The molecule has 41 heavy (non-hydrogen) atoms. The van der Waals surface area contributed by atoms with Crippen LogP contribution in [0, 0.1) is 0 Å². The largest absolute Gasteiger partial charge is 0.493 e. The second-order valence-corrected chi connectivity index (χ2v) is 9.72. The van der Waals surface area contributed by atoms with Crippen LogP contribution in [0.1, 0.15) is 15.9 Å². The third-order valence-corrected chi connectivity index (χ3v) is 6.80. The van der Waals surface area contributed by atoms with Crippen LogP contribution in [0.15, 0.2) is 114 Å². The fourth-order valence-electron chi connectivity index (χ4n) is 3.75. The Balaban J connectivity index is 1.46. The van der Waals surface area contributed by atoms with E-state index in [1.54, 1.807) is 60.7 Å². The summed E-state index contributed by atoms with van der Waals surface area (Å²) < 4.78 is 10.7. The first-order valence-corrected chi connectivity index (χ1v) is 13.6. The molecule has 4 aromatic carbocycles. The Bertz CT molecular complexity index is 1520. The zero-order valence-electron chi connectivity index (χ0n) is 22.5. The van der Waals surface area contributed by atoms with Crippen molar-refractivity contribution in [3.63, 3.8) is 0 Å². The number of thioether (sulfide) groups is 1. The van der Waals surface area contributed by atoms with Crippen LogP contribution < -0.4 is 25.4 Å². The number of methoxy groups -OCH3 is 2. The minimum Gasteiger partial charge on any atom is -0.493 e. The summed E-state index contributed by atoms with van der Waals surface area (Å²) in [4.78, 5) is 39.3. The quantitative estimate of drug-likeness (QED) is 0.155. The summed E-state index contributed by atoms with van der Waals surface area (Å²) in [7, 11) is 3.06. The number of para-hydroxylation sites is 1. The van der Waals surface area contributed by atoms with Gasteiger partial charge in [0, 0.05) is 21.8 Å². The van der Waals surface area contributed by atoms with Crippen molar-refractivity contribution < 1.29 is 23.9 Å². The molecule has 0 fully saturated rings. The van der Waals surface area contributed by atoms with Gasteiger partial charge in [-0.05, 0) is 72.3 Å². The van der Waals surface area contributed by atoms with Crippen LogP contribution in [0.25, 0.3) is 6.08 Å². The molecule has 4 rings (SSSR count). The van der Waals surface area contributed by atoms with Gasteiger partial charge in [-0.15, -0.1) is 11.8 Å². The molecule has 0 aliphatic heterocycles. The number of amides is 3. The molecule has 0 spiro atoms. The Kier molecular flexibility index (Phi) is 10.2. The molecular weight excluding hydrogens is 538 g/mol. The number of benzene rings is 4. The first-order valence-electron chi connectivity index (χ1n) is 12.6. The highest BCUT2D eigenvalue weighted by atomic mass is 32.2. The van der Waals surface area contributed by atoms with Crippen molar-refractivity contribution in [2.75, 3.05) is 30.6 Å². The summed E-state index contributed by atoms with van der Waals surface area (Å²) in [6.07, 6.45) is 1.56. The molecule has 9 heteroatoms. The zero-order valence-corrected chi connectivity index (χ0v) is 23.4. The Morgan fingerprint density at radius 2 is 1.37 bits per heavy atom. The predicted octanol–water partition coefficient (Wildman–Crippen LogP) is 5.84. The average Bonchev–Trinajstić information content (AvgIpc) is 3.01. The third kappa shape index (κ3) is 8.48. The van der Waals surface area contributed by atoms with E-state index < -0.39 is 11.8 Å². The SMILES string of the molecule is COc1ccc(/C=C(\NC(=O)c2ccccc2)C(=O)Nc2ccc(SCC(=O)Nc3ccccc3)cc2)cc1OC. The molecular formula is C32H29N3O5S. The standard InChI is InChI=1S/C32H29N3O5S/c1-39-28-18-13-22(20-29(28)40-2)19-27(35-31(37)23-9-5-3-6-10-23)32(38)34-25-14-16-26(17-15-25)41-21-30(36)33-24-11-7-4-8-12-24/h3-20H,21H2,1-2H3,(H,33,36)(H,34,38)(H,35,37)/b27-19-. The highest BCUT2D eigenvalue weighted by Gasteiger charge is 2.16. The first-order chi connectivity index (χ1) is 19.9. The summed E-state index contributed by atoms with van der Waals surface area (Å²) in [5, 5.41) is 8.40. The molecule has 8 nitrogen and oxygen atoms in total. The molecule has 0 saturated carbocycles. The maximum absolute atomic E-state index is 13.3. The molecule has 4 aromatic rings. The van der Waals surface area contributed by atoms with Crippen molar-refractivity contribution in [1.82, 2.24) is 5.32 Å². The number of anilines is 2. The number of hydrogen-bond acceptors (Lipinski definition) is 6. The maximum atomic E-state index is 13.3. The second-order valence-electron chi connectivity index (χ2n) is 8.67. The van der Waals surface area contributed by atoms with Crippen molar-refractivity contribution in [1.29, 1.82) is 0 Å². The van der Waals surface area contributed by atoms with Crippen LogP contribution >= 0.6 is 11.8 Å². The minimum atomic E-state index is -0.508. The topological polar surface area (TPSA) is 106 Å². The molecule has 0 atom stereocenters. The molecule has 3 N–H and O–H groups in total. The van der Waals surface area contributed by atoms with Crippen LogP contribution in [0.2, 0.25) is 0 Å². The van der Waals surface area contributed by atoms with E-state index in [0.717, 1.165) is 10.6 Å². The lowest BCUT2D eigenvalue weighted by atomic mass is 10.1. The molecule has 0 aromatic heterocycles. The van der Waals surface area contributed by atoms with Crippen molar-refractivity contribution in [3.05, 3.63) is 120 Å². The monoisotopic (exact) mass is 567 g/mol. The number of rotatable bonds is 11. The lowest BCUT2D eigenvalue weighted by Gasteiger charge is -2.13. The third-order valence-electron chi connectivity index (χ3n) is 5.79. The van der Waals surface area contributed by atoms with Gasteiger partial charge in [-0.2, -0.15) is 0 Å². The summed E-state index contributed by atoms with van der Waals surface area (Å²) in [6.45, 7) is 0. The highest BCUT2D eigenvalue weighted by molar-refractivity contribution is 8.00. The molecule has 0 aliphatic carbocycles. The fraction of sp³-hybridized carbons (Fsp3) is 0.0938. The van der Waals surface area contributed by atoms with Gasteiger partial charge in [-0.3, -0.25) is 14.4 Å². The minimum absolute atomic E-state index is 0.0436. The molecule has 0 unspecified atom stereocenters. The molecule has 0 heterocycles. The highest BCUT2D eigenvalue weighted by Crippen LogP contribution is 2.28. The van der Waals surface area contributed by atoms with E-state index in [1.165, 1.54) is 26.0 Å². The lowest BCUT2D eigenvalue weighted by molar-refractivity contribution is -0.114. The average molecular weight is 568 g/mol. The Labute approximate surface area is 242 Å². The molecule has 0 aliphatic rings. The Hall–Kier alpha value is -5.02. The summed E-state index contributed by atoms with van der Waals surface area (Å²) in [5.74, 6) is 0.224. The van der Waals surface area contributed by atoms with E-state index >= 15 is 0 Å². The summed E-state index contributed by atoms with van der Waals surface area (Å²) >= 11 is 1.38. The summed E-state index contributed by atoms with van der Waals surface area (Å²) in [6, 6.07) is 30.2. The van der Waals surface area contributed by atoms with Crippen LogP contribution in [0.4, 0.5) is 11.4 Å². The number of nitrogens with one attached hydrogen (secondary N) is 3. The van der Waals surface area contributed by atoms with E-state index in [2.05, 4.69) is 16.0 Å². The van der Waals surface area contributed by atoms with E-state index in [9.17, 15) is 14.4 Å². The van der Waals surface area contributed by atoms with Gasteiger partial charge in [0.15, 0.2) is 11.5 Å². The van der Waals surface area contributed by atoms with Crippen molar-refractivity contribution in [2.24, 2.45) is 0 Å². The van der Waals surface area contributed by atoms with E-state index in [0.29, 0.717) is 28.3 Å². The van der Waals surface area contributed by atoms with E-state index in [4.69, 9.17) is 9.47 Å². The predicted molar refractivity (Wildman–Crippen MR) is 162 cm³/mol. The number of hydrogen-bond donors (Lipinski definition) is 3. The zero-order chi connectivity index (χ0) is 29.0. The van der Waals surface area contributed by atoms with Crippen LogP contribution in [-0.4, -0.2) is 37.7 Å². The molecule has 0 bridgehead atoms. The first kappa shape index (κ1) is 29.0. The lowest BCUT2D eigenvalue weighted by Crippen LogP contribution is -2.30. The second kappa shape index (κ2) is 14.4. The van der Waals surface area contributed by atoms with Gasteiger partial charge in [-0.25, -0.2) is 0 Å². The molecule has 0 radical (unpaired) electrons. The van der Waals surface area contributed by atoms with Gasteiger partial charge >= 0.3 is 0 Å². The Morgan fingerprint density at radius 3 is 2.02 bits per heavy atom. The van der Waals surface area contributed by atoms with Gasteiger partial charge in [0.2, 0.25) is 5.91 Å². The Morgan fingerprint density at radius 1 is 0.732 bits per heavy atom. The number of carbonyl (C=O) groups excluding carboxylic acids is 3. The molecule has 3 amide bonds. The maximum Gasteiger partial charge on any atom is 0.272 e. The van der Waals surface area contributed by atoms with E-state index in [1.807, 2.05) is 48.5 Å². The van der Waals surface area contributed by atoms with Crippen LogP contribution in [0.3, 0.4) is 0 Å².